The molecule has 19 heavy (non-hydrogen) atoms. The number of carbonyl (C=O) groups is 2. The van der Waals surface area contributed by atoms with Crippen LogP contribution in [0.3, 0.4) is 0 Å². The van der Waals surface area contributed by atoms with Crippen molar-refractivity contribution < 1.29 is 9.59 Å². The lowest BCUT2D eigenvalue weighted by atomic mass is 9.78. The van der Waals surface area contributed by atoms with Crippen molar-refractivity contribution in [3.63, 3.8) is 0 Å². The summed E-state index contributed by atoms with van der Waals surface area (Å²) in [7, 11) is 0. The average Bonchev–Trinajstić information content (AvgIpc) is 2.40. The summed E-state index contributed by atoms with van der Waals surface area (Å²) < 4.78 is 0. The molecule has 1 saturated heterocycles. The number of primary amides is 1. The standard InChI is InChI=1S/C14H25N3O2/c1-9-5-6-11(15)10(8-9)14(19)17-7-3-2-4-12(17)13(16)18/h9-12H,2-8,15H2,1H3,(H2,16,18). The minimum atomic E-state index is -0.425. The van der Waals surface area contributed by atoms with Crippen LogP contribution in [0.25, 0.3) is 0 Å². The van der Waals surface area contributed by atoms with Crippen LogP contribution in [0.4, 0.5) is 0 Å². The lowest BCUT2D eigenvalue weighted by Crippen LogP contribution is -2.55. The van der Waals surface area contributed by atoms with E-state index < -0.39 is 6.04 Å². The van der Waals surface area contributed by atoms with Crippen LogP contribution in [-0.2, 0) is 9.59 Å². The molecule has 4 unspecified atom stereocenters. The summed E-state index contributed by atoms with van der Waals surface area (Å²) in [5, 5.41) is 0. The van der Waals surface area contributed by atoms with Crippen LogP contribution in [0.1, 0.15) is 45.4 Å². The van der Waals surface area contributed by atoms with E-state index in [0.29, 0.717) is 18.9 Å². The van der Waals surface area contributed by atoms with Crippen molar-refractivity contribution in [2.75, 3.05) is 6.54 Å². The van der Waals surface area contributed by atoms with Crippen LogP contribution in [0.15, 0.2) is 0 Å². The van der Waals surface area contributed by atoms with Gasteiger partial charge in [0.25, 0.3) is 0 Å². The molecular weight excluding hydrogens is 242 g/mol. The molecule has 2 fully saturated rings. The lowest BCUT2D eigenvalue weighted by Gasteiger charge is -2.39. The highest BCUT2D eigenvalue weighted by Crippen LogP contribution is 2.31. The third kappa shape index (κ3) is 3.08. The highest BCUT2D eigenvalue weighted by Gasteiger charge is 2.38. The number of nitrogens with two attached hydrogens (primary N) is 2. The number of hydrogen-bond acceptors (Lipinski definition) is 3. The van der Waals surface area contributed by atoms with Gasteiger partial charge in [0.1, 0.15) is 6.04 Å². The van der Waals surface area contributed by atoms with Gasteiger partial charge < -0.3 is 16.4 Å². The Morgan fingerprint density at radius 1 is 1.16 bits per heavy atom. The fraction of sp³-hybridized carbons (Fsp3) is 0.857. The van der Waals surface area contributed by atoms with Crippen molar-refractivity contribution in [3.8, 4) is 0 Å². The van der Waals surface area contributed by atoms with Gasteiger partial charge in [0, 0.05) is 12.6 Å². The Balaban J connectivity index is 2.10. The topological polar surface area (TPSA) is 89.4 Å². The van der Waals surface area contributed by atoms with Gasteiger partial charge in [-0.05, 0) is 44.4 Å². The number of hydrogen-bond donors (Lipinski definition) is 2. The monoisotopic (exact) mass is 267 g/mol. The molecule has 1 heterocycles. The third-order valence-corrected chi connectivity index (χ3v) is 4.60. The molecule has 1 aliphatic heterocycles. The second kappa shape index (κ2) is 5.90. The molecule has 0 radical (unpaired) electrons. The van der Waals surface area contributed by atoms with Crippen molar-refractivity contribution in [1.82, 2.24) is 4.90 Å². The van der Waals surface area contributed by atoms with E-state index in [1.54, 1.807) is 4.90 Å². The zero-order valence-corrected chi connectivity index (χ0v) is 11.7. The third-order valence-electron chi connectivity index (χ3n) is 4.60. The van der Waals surface area contributed by atoms with Gasteiger partial charge in [0.05, 0.1) is 5.92 Å². The molecule has 1 aliphatic carbocycles. The molecule has 0 spiro atoms. The second-order valence-corrected chi connectivity index (χ2v) is 6.13. The Kier molecular flexibility index (Phi) is 4.45. The van der Waals surface area contributed by atoms with Crippen LogP contribution in [0.5, 0.6) is 0 Å². The van der Waals surface area contributed by atoms with Crippen molar-refractivity contribution in [2.45, 2.75) is 57.5 Å². The molecular formula is C14H25N3O2. The summed E-state index contributed by atoms with van der Waals surface area (Å²) >= 11 is 0. The Morgan fingerprint density at radius 3 is 2.58 bits per heavy atom. The smallest absolute Gasteiger partial charge is 0.240 e. The number of carbonyl (C=O) groups excluding carboxylic acids is 2. The summed E-state index contributed by atoms with van der Waals surface area (Å²) in [5.41, 5.74) is 11.5. The predicted octanol–water partition coefficient (Wildman–Crippen LogP) is 0.616. The maximum absolute atomic E-state index is 12.7. The Hall–Kier alpha value is -1.10. The second-order valence-electron chi connectivity index (χ2n) is 6.13. The van der Waals surface area contributed by atoms with Crippen LogP contribution in [0.2, 0.25) is 0 Å². The predicted molar refractivity (Wildman–Crippen MR) is 73.0 cm³/mol. The van der Waals surface area contributed by atoms with Gasteiger partial charge in [-0.25, -0.2) is 0 Å². The first-order valence-corrected chi connectivity index (χ1v) is 7.36. The van der Waals surface area contributed by atoms with E-state index in [2.05, 4.69) is 6.92 Å². The molecule has 2 rings (SSSR count). The summed E-state index contributed by atoms with van der Waals surface area (Å²) in [6, 6.07) is -0.496. The van der Waals surface area contributed by atoms with Gasteiger partial charge in [-0.1, -0.05) is 6.92 Å². The van der Waals surface area contributed by atoms with Gasteiger partial charge in [-0.3, -0.25) is 9.59 Å². The Morgan fingerprint density at radius 2 is 1.89 bits per heavy atom. The van der Waals surface area contributed by atoms with Gasteiger partial charge in [-0.2, -0.15) is 0 Å². The molecule has 4 N–H and O–H groups in total. The number of amides is 2. The number of nitrogens with zero attached hydrogens (tertiary/aromatic N) is 1. The SMILES string of the molecule is CC1CCC(N)C(C(=O)N2CCCCC2C(N)=O)C1. The molecule has 108 valence electrons. The molecule has 5 nitrogen and oxygen atoms in total. The summed E-state index contributed by atoms with van der Waals surface area (Å²) in [6.07, 6.45) is 5.43. The van der Waals surface area contributed by atoms with Crippen molar-refractivity contribution in [1.29, 1.82) is 0 Å². The van der Waals surface area contributed by atoms with Crippen molar-refractivity contribution >= 4 is 11.8 Å². The fourth-order valence-electron chi connectivity index (χ4n) is 3.39. The molecule has 5 heteroatoms. The molecule has 0 aromatic heterocycles. The maximum Gasteiger partial charge on any atom is 0.240 e. The minimum absolute atomic E-state index is 0.0440. The maximum atomic E-state index is 12.7. The largest absolute Gasteiger partial charge is 0.368 e. The van der Waals surface area contributed by atoms with E-state index in [-0.39, 0.29) is 23.8 Å². The summed E-state index contributed by atoms with van der Waals surface area (Å²) in [4.78, 5) is 25.8. The van der Waals surface area contributed by atoms with Gasteiger partial charge in [-0.15, -0.1) is 0 Å². The van der Waals surface area contributed by atoms with E-state index in [9.17, 15) is 9.59 Å². The minimum Gasteiger partial charge on any atom is -0.368 e. The van der Waals surface area contributed by atoms with Crippen LogP contribution in [0, 0.1) is 11.8 Å². The summed E-state index contributed by atoms with van der Waals surface area (Å²) in [5.74, 6) is 0.0577. The van der Waals surface area contributed by atoms with Gasteiger partial charge >= 0.3 is 0 Å². The zero-order valence-electron chi connectivity index (χ0n) is 11.7. The number of rotatable bonds is 2. The highest BCUT2D eigenvalue weighted by molar-refractivity contribution is 5.88. The number of piperidine rings is 1. The summed E-state index contributed by atoms with van der Waals surface area (Å²) in [6.45, 7) is 2.80. The Bertz CT molecular complexity index is 359. The normalized spacial score (nSPS) is 36.0. The van der Waals surface area contributed by atoms with Gasteiger partial charge in [0.15, 0.2) is 0 Å². The van der Waals surface area contributed by atoms with Crippen LogP contribution >= 0.6 is 0 Å². The van der Waals surface area contributed by atoms with Crippen LogP contribution < -0.4 is 11.5 Å². The Labute approximate surface area is 114 Å². The first kappa shape index (κ1) is 14.3. The van der Waals surface area contributed by atoms with E-state index in [4.69, 9.17) is 11.5 Å². The molecule has 0 aromatic rings. The quantitative estimate of drug-likeness (QED) is 0.768. The van der Waals surface area contributed by atoms with E-state index in [1.807, 2.05) is 0 Å². The van der Waals surface area contributed by atoms with Crippen molar-refractivity contribution in [3.05, 3.63) is 0 Å². The fourth-order valence-corrected chi connectivity index (χ4v) is 3.39. The average molecular weight is 267 g/mol. The van der Waals surface area contributed by atoms with Crippen LogP contribution in [-0.4, -0.2) is 35.3 Å². The first-order chi connectivity index (χ1) is 9.00. The highest BCUT2D eigenvalue weighted by atomic mass is 16.2. The molecule has 2 amide bonds. The molecule has 0 bridgehead atoms. The van der Waals surface area contributed by atoms with Crippen molar-refractivity contribution in [2.24, 2.45) is 23.3 Å². The van der Waals surface area contributed by atoms with E-state index >= 15 is 0 Å². The van der Waals surface area contributed by atoms with E-state index in [1.165, 1.54) is 0 Å². The molecule has 0 aromatic carbocycles. The molecule has 4 atom stereocenters. The first-order valence-electron chi connectivity index (χ1n) is 7.36. The number of likely N-dealkylation sites (tertiary alicyclic amines) is 1. The van der Waals surface area contributed by atoms with Gasteiger partial charge in [0.2, 0.25) is 11.8 Å². The zero-order chi connectivity index (χ0) is 14.0. The lowest BCUT2D eigenvalue weighted by molar-refractivity contribution is -0.146. The van der Waals surface area contributed by atoms with E-state index in [0.717, 1.165) is 32.1 Å². The molecule has 1 saturated carbocycles. The molecule has 2 aliphatic rings.